The van der Waals surface area contributed by atoms with Gasteiger partial charge in [0.05, 0.1) is 26.7 Å². The van der Waals surface area contributed by atoms with Gasteiger partial charge >= 0.3 is 6.03 Å². The second kappa shape index (κ2) is 6.74. The highest BCUT2D eigenvalue weighted by molar-refractivity contribution is 5.73. The van der Waals surface area contributed by atoms with E-state index in [1.54, 1.807) is 0 Å². The summed E-state index contributed by atoms with van der Waals surface area (Å²) in [5.74, 6) is 0. The Morgan fingerprint density at radius 2 is 1.88 bits per heavy atom. The number of hydrogen-bond acceptors (Lipinski definition) is 1. The minimum absolute atomic E-state index is 0.0382. The first-order valence-corrected chi connectivity index (χ1v) is 6.51. The van der Waals surface area contributed by atoms with Gasteiger partial charge in [0.2, 0.25) is 0 Å². The molecule has 0 unspecified atom stereocenters. The Morgan fingerprint density at radius 1 is 1.19 bits per heavy atom. The molecule has 0 spiro atoms. The zero-order valence-electron chi connectivity index (χ0n) is 10.7. The summed E-state index contributed by atoms with van der Waals surface area (Å²) in [6.45, 7) is 7.22. The van der Waals surface area contributed by atoms with Crippen LogP contribution in [0.4, 0.5) is 4.79 Å². The summed E-state index contributed by atoms with van der Waals surface area (Å²) in [6, 6.07) is -0.0382. The Hall–Kier alpha value is -0.770. The van der Waals surface area contributed by atoms with E-state index in [4.69, 9.17) is 0 Å². The van der Waals surface area contributed by atoms with Gasteiger partial charge in [0.15, 0.2) is 0 Å². The fourth-order valence-corrected chi connectivity index (χ4v) is 2.38. The van der Waals surface area contributed by atoms with Crippen LogP contribution in [-0.4, -0.2) is 50.3 Å². The van der Waals surface area contributed by atoms with Gasteiger partial charge < -0.3 is 15.1 Å². The SMILES string of the molecule is CCNC(=O)NCCC[N+]1(C)CCCCC1. The molecule has 1 saturated heterocycles. The summed E-state index contributed by atoms with van der Waals surface area (Å²) in [5.41, 5.74) is 0. The molecule has 94 valence electrons. The lowest BCUT2D eigenvalue weighted by atomic mass is 10.1. The number of rotatable bonds is 5. The van der Waals surface area contributed by atoms with Gasteiger partial charge in [0.25, 0.3) is 0 Å². The minimum Gasteiger partial charge on any atom is -0.338 e. The predicted molar refractivity (Wildman–Crippen MR) is 66.3 cm³/mol. The van der Waals surface area contributed by atoms with Crippen LogP contribution in [0.1, 0.15) is 32.6 Å². The van der Waals surface area contributed by atoms with Gasteiger partial charge in [-0.2, -0.15) is 0 Å². The van der Waals surface area contributed by atoms with Crippen LogP contribution in [0.3, 0.4) is 0 Å². The maximum atomic E-state index is 11.1. The van der Waals surface area contributed by atoms with E-state index in [-0.39, 0.29) is 6.03 Å². The fourth-order valence-electron chi connectivity index (χ4n) is 2.38. The normalized spacial score (nSPS) is 19.1. The number of likely N-dealkylation sites (tertiary alicyclic amines) is 1. The fraction of sp³-hybridized carbons (Fsp3) is 0.917. The molecular formula is C12H26N3O+. The third-order valence-electron chi connectivity index (χ3n) is 3.39. The molecule has 0 aromatic carbocycles. The van der Waals surface area contributed by atoms with Crippen molar-refractivity contribution in [2.45, 2.75) is 32.6 Å². The molecule has 1 aliphatic rings. The number of nitrogens with one attached hydrogen (secondary N) is 2. The van der Waals surface area contributed by atoms with Crippen molar-refractivity contribution in [2.75, 3.05) is 39.8 Å². The van der Waals surface area contributed by atoms with Gasteiger partial charge in [-0.1, -0.05) is 0 Å². The number of carbonyl (C=O) groups excluding carboxylic acids is 1. The van der Waals surface area contributed by atoms with Crippen molar-refractivity contribution >= 4 is 6.03 Å². The topological polar surface area (TPSA) is 41.1 Å². The van der Waals surface area contributed by atoms with E-state index < -0.39 is 0 Å². The molecule has 0 aromatic heterocycles. The number of urea groups is 1. The average molecular weight is 228 g/mol. The van der Waals surface area contributed by atoms with Gasteiger partial charge in [-0.05, 0) is 26.2 Å². The van der Waals surface area contributed by atoms with Crippen molar-refractivity contribution in [3.05, 3.63) is 0 Å². The largest absolute Gasteiger partial charge is 0.338 e. The van der Waals surface area contributed by atoms with Crippen molar-refractivity contribution in [1.29, 1.82) is 0 Å². The molecule has 16 heavy (non-hydrogen) atoms. The summed E-state index contributed by atoms with van der Waals surface area (Å²) in [7, 11) is 2.34. The Kier molecular flexibility index (Phi) is 5.60. The lowest BCUT2D eigenvalue weighted by Crippen LogP contribution is -2.49. The van der Waals surface area contributed by atoms with E-state index in [1.165, 1.54) is 43.4 Å². The molecule has 0 aliphatic carbocycles. The molecule has 2 amide bonds. The van der Waals surface area contributed by atoms with Gasteiger partial charge in [-0.15, -0.1) is 0 Å². The molecule has 2 N–H and O–H groups in total. The molecule has 4 nitrogen and oxygen atoms in total. The molecule has 4 heteroatoms. The van der Waals surface area contributed by atoms with E-state index in [9.17, 15) is 4.79 Å². The van der Waals surface area contributed by atoms with Gasteiger partial charge in [0, 0.05) is 19.5 Å². The van der Waals surface area contributed by atoms with E-state index in [1.807, 2.05) is 6.92 Å². The van der Waals surface area contributed by atoms with E-state index in [0.717, 1.165) is 13.0 Å². The van der Waals surface area contributed by atoms with Gasteiger partial charge in [-0.25, -0.2) is 4.79 Å². The number of quaternary nitrogens is 1. The van der Waals surface area contributed by atoms with Crippen molar-refractivity contribution in [3.8, 4) is 0 Å². The van der Waals surface area contributed by atoms with Crippen molar-refractivity contribution in [3.63, 3.8) is 0 Å². The summed E-state index contributed by atoms with van der Waals surface area (Å²) in [6.07, 6.45) is 5.19. The Labute approximate surface area is 99.0 Å². The molecule has 1 fully saturated rings. The molecule has 0 saturated carbocycles. The van der Waals surface area contributed by atoms with Crippen LogP contribution >= 0.6 is 0 Å². The number of amides is 2. The molecule has 0 atom stereocenters. The Morgan fingerprint density at radius 3 is 2.50 bits per heavy atom. The Balaban J connectivity index is 2.07. The van der Waals surface area contributed by atoms with Crippen LogP contribution in [0.15, 0.2) is 0 Å². The first kappa shape index (κ1) is 13.3. The van der Waals surface area contributed by atoms with Crippen molar-refractivity contribution in [2.24, 2.45) is 0 Å². The second-order valence-corrected chi connectivity index (χ2v) is 4.99. The molecule has 0 bridgehead atoms. The summed E-state index contributed by atoms with van der Waals surface area (Å²) in [4.78, 5) is 11.1. The maximum absolute atomic E-state index is 11.1. The number of nitrogens with zero attached hydrogens (tertiary/aromatic N) is 1. The standard InChI is InChI=1S/C12H25N3O/c1-3-13-12(16)14-8-7-11-15(2)9-5-4-6-10-15/h3-11H2,1-2H3,(H-,13,14,16)/p+1. The first-order valence-electron chi connectivity index (χ1n) is 6.51. The minimum atomic E-state index is -0.0382. The van der Waals surface area contributed by atoms with E-state index >= 15 is 0 Å². The number of piperidine rings is 1. The monoisotopic (exact) mass is 228 g/mol. The van der Waals surface area contributed by atoms with Crippen LogP contribution in [0.5, 0.6) is 0 Å². The lowest BCUT2D eigenvalue weighted by molar-refractivity contribution is -0.914. The van der Waals surface area contributed by atoms with Crippen LogP contribution in [0, 0.1) is 0 Å². The van der Waals surface area contributed by atoms with Crippen LogP contribution in [-0.2, 0) is 0 Å². The highest BCUT2D eigenvalue weighted by Crippen LogP contribution is 2.16. The average Bonchev–Trinajstić information content (AvgIpc) is 2.26. The zero-order chi connectivity index (χ0) is 11.9. The van der Waals surface area contributed by atoms with Gasteiger partial charge in [0.1, 0.15) is 0 Å². The summed E-state index contributed by atoms with van der Waals surface area (Å²) < 4.78 is 1.19. The molecule has 1 aliphatic heterocycles. The molecule has 0 radical (unpaired) electrons. The maximum Gasteiger partial charge on any atom is 0.314 e. The first-order chi connectivity index (χ1) is 7.66. The zero-order valence-corrected chi connectivity index (χ0v) is 10.7. The van der Waals surface area contributed by atoms with Crippen LogP contribution in [0.25, 0.3) is 0 Å². The highest BCUT2D eigenvalue weighted by Gasteiger charge is 2.23. The number of carbonyl (C=O) groups is 1. The van der Waals surface area contributed by atoms with Crippen LogP contribution < -0.4 is 10.6 Å². The Bertz CT molecular complexity index is 212. The van der Waals surface area contributed by atoms with Crippen molar-refractivity contribution < 1.29 is 9.28 Å². The third-order valence-corrected chi connectivity index (χ3v) is 3.39. The molecule has 1 heterocycles. The highest BCUT2D eigenvalue weighted by atomic mass is 16.2. The summed E-state index contributed by atoms with van der Waals surface area (Å²) in [5, 5.41) is 5.62. The quantitative estimate of drug-likeness (QED) is 0.541. The van der Waals surface area contributed by atoms with Crippen molar-refractivity contribution in [1.82, 2.24) is 10.6 Å². The molecular weight excluding hydrogens is 202 g/mol. The summed E-state index contributed by atoms with van der Waals surface area (Å²) >= 11 is 0. The number of hydrogen-bond donors (Lipinski definition) is 2. The van der Waals surface area contributed by atoms with E-state index in [2.05, 4.69) is 17.7 Å². The predicted octanol–water partition coefficient (Wildman–Crippen LogP) is 1.33. The van der Waals surface area contributed by atoms with E-state index in [0.29, 0.717) is 6.54 Å². The molecule has 1 rings (SSSR count). The smallest absolute Gasteiger partial charge is 0.314 e. The van der Waals surface area contributed by atoms with Crippen LogP contribution in [0.2, 0.25) is 0 Å². The third kappa shape index (κ3) is 4.84. The van der Waals surface area contributed by atoms with Gasteiger partial charge in [-0.3, -0.25) is 0 Å². The second-order valence-electron chi connectivity index (χ2n) is 4.99. The molecule has 0 aromatic rings. The lowest BCUT2D eigenvalue weighted by Gasteiger charge is -2.37.